The Morgan fingerprint density at radius 3 is 2.03 bits per heavy atom. The van der Waals surface area contributed by atoms with Crippen molar-refractivity contribution in [3.8, 4) is 0 Å². The second kappa shape index (κ2) is 14.1. The Morgan fingerprint density at radius 1 is 0.970 bits per heavy atom. The molecule has 0 nitrogen and oxygen atoms in total. The lowest BCUT2D eigenvalue weighted by Gasteiger charge is -2.41. The van der Waals surface area contributed by atoms with Gasteiger partial charge < -0.3 is 0 Å². The molecule has 0 heterocycles. The van der Waals surface area contributed by atoms with E-state index in [1.807, 2.05) is 0 Å². The van der Waals surface area contributed by atoms with Crippen LogP contribution in [0.5, 0.6) is 0 Å². The molecule has 0 spiro atoms. The highest BCUT2D eigenvalue weighted by atomic mass is 14.4. The summed E-state index contributed by atoms with van der Waals surface area (Å²) in [6.07, 6.45) is 14.7. The molecule has 33 heavy (non-hydrogen) atoms. The standard InChI is InChI=1S/C33H62/c1-13-24(6)16-18-31(25(7)14-2)22-33(12,15-3)29(11)28(10)32(27(9)23(4)5)21-20-30-19-17-26(30)8/h22-28,30,32H,11,13-21H2,1-10,12H3. The van der Waals surface area contributed by atoms with Gasteiger partial charge in [0.05, 0.1) is 0 Å². The van der Waals surface area contributed by atoms with Crippen molar-refractivity contribution in [1.29, 1.82) is 0 Å². The van der Waals surface area contributed by atoms with Gasteiger partial charge in [-0.05, 0) is 92.3 Å². The van der Waals surface area contributed by atoms with Crippen LogP contribution < -0.4 is 0 Å². The van der Waals surface area contributed by atoms with Crippen LogP contribution in [0.1, 0.15) is 134 Å². The minimum Gasteiger partial charge on any atom is -0.0987 e. The molecular formula is C33H62. The van der Waals surface area contributed by atoms with Crippen molar-refractivity contribution in [2.45, 2.75) is 134 Å². The van der Waals surface area contributed by atoms with Crippen LogP contribution in [0.4, 0.5) is 0 Å². The molecule has 1 fully saturated rings. The number of allylic oxidation sites excluding steroid dienone is 3. The molecule has 0 N–H and O–H groups in total. The summed E-state index contributed by atoms with van der Waals surface area (Å²) in [5.41, 5.74) is 3.28. The van der Waals surface area contributed by atoms with Crippen LogP contribution in [0.25, 0.3) is 0 Å². The van der Waals surface area contributed by atoms with E-state index in [0.29, 0.717) is 11.8 Å². The molecule has 0 aromatic heterocycles. The predicted octanol–water partition coefficient (Wildman–Crippen LogP) is 11.1. The fourth-order valence-corrected chi connectivity index (χ4v) is 5.98. The molecule has 0 heteroatoms. The summed E-state index contributed by atoms with van der Waals surface area (Å²) in [7, 11) is 0. The van der Waals surface area contributed by atoms with Gasteiger partial charge in [-0.3, -0.25) is 0 Å². The molecule has 1 aliphatic rings. The van der Waals surface area contributed by atoms with Crippen LogP contribution in [0, 0.1) is 52.8 Å². The average Bonchev–Trinajstić information content (AvgIpc) is 2.80. The molecule has 0 bridgehead atoms. The maximum Gasteiger partial charge on any atom is 0.00627 e. The molecule has 1 rings (SSSR count). The molecular weight excluding hydrogens is 396 g/mol. The third kappa shape index (κ3) is 8.58. The fraction of sp³-hybridized carbons (Fsp3) is 0.879. The average molecular weight is 459 g/mol. The SMILES string of the molecule is C=C(C(C)C(CCC1CCC1C)C(C)C(C)C)C(C)(C=C(CCC(C)CC)C(C)CC)CC. The Balaban J connectivity index is 3.14. The van der Waals surface area contributed by atoms with E-state index in [1.54, 1.807) is 5.57 Å². The van der Waals surface area contributed by atoms with E-state index in [9.17, 15) is 0 Å². The Labute approximate surface area is 210 Å². The van der Waals surface area contributed by atoms with Gasteiger partial charge in [-0.1, -0.05) is 113 Å². The van der Waals surface area contributed by atoms with Crippen LogP contribution in [0.2, 0.25) is 0 Å². The molecule has 8 unspecified atom stereocenters. The van der Waals surface area contributed by atoms with Gasteiger partial charge in [0.2, 0.25) is 0 Å². The van der Waals surface area contributed by atoms with Crippen LogP contribution in [0.3, 0.4) is 0 Å². The molecule has 0 aromatic rings. The lowest BCUT2D eigenvalue weighted by atomic mass is 9.64. The van der Waals surface area contributed by atoms with Gasteiger partial charge in [-0.2, -0.15) is 0 Å². The molecule has 194 valence electrons. The Hall–Kier alpha value is -0.520. The van der Waals surface area contributed by atoms with Gasteiger partial charge in [-0.15, -0.1) is 0 Å². The van der Waals surface area contributed by atoms with Gasteiger partial charge in [0.1, 0.15) is 0 Å². The van der Waals surface area contributed by atoms with Crippen molar-refractivity contribution in [2.24, 2.45) is 52.8 Å². The Kier molecular flexibility index (Phi) is 13.1. The number of rotatable bonds is 16. The van der Waals surface area contributed by atoms with Crippen LogP contribution >= 0.6 is 0 Å². The Bertz CT molecular complexity index is 595. The van der Waals surface area contributed by atoms with Gasteiger partial charge in [0, 0.05) is 5.41 Å². The van der Waals surface area contributed by atoms with Crippen LogP contribution in [-0.2, 0) is 0 Å². The summed E-state index contributed by atoms with van der Waals surface area (Å²) < 4.78 is 0. The van der Waals surface area contributed by atoms with E-state index < -0.39 is 0 Å². The molecule has 1 saturated carbocycles. The van der Waals surface area contributed by atoms with Gasteiger partial charge in [-0.25, -0.2) is 0 Å². The summed E-state index contributed by atoms with van der Waals surface area (Å²) >= 11 is 0. The lowest BCUT2D eigenvalue weighted by molar-refractivity contribution is 0.135. The van der Waals surface area contributed by atoms with E-state index in [1.165, 1.54) is 56.9 Å². The minimum absolute atomic E-state index is 0.104. The Morgan fingerprint density at radius 2 is 1.61 bits per heavy atom. The van der Waals surface area contributed by atoms with Crippen molar-refractivity contribution in [3.63, 3.8) is 0 Å². The summed E-state index contributed by atoms with van der Waals surface area (Å²) in [5.74, 6) is 6.22. The van der Waals surface area contributed by atoms with E-state index in [2.05, 4.69) is 82.2 Å². The summed E-state index contributed by atoms with van der Waals surface area (Å²) in [6.45, 7) is 31.6. The highest BCUT2D eigenvalue weighted by molar-refractivity contribution is 5.25. The van der Waals surface area contributed by atoms with Gasteiger partial charge in [0.25, 0.3) is 0 Å². The van der Waals surface area contributed by atoms with Crippen molar-refractivity contribution in [1.82, 2.24) is 0 Å². The van der Waals surface area contributed by atoms with Crippen molar-refractivity contribution >= 4 is 0 Å². The third-order valence-corrected chi connectivity index (χ3v) is 10.4. The second-order valence-corrected chi connectivity index (χ2v) is 12.8. The van der Waals surface area contributed by atoms with Crippen molar-refractivity contribution in [2.75, 3.05) is 0 Å². The zero-order valence-electron chi connectivity index (χ0n) is 24.8. The third-order valence-electron chi connectivity index (χ3n) is 10.4. The predicted molar refractivity (Wildman–Crippen MR) is 152 cm³/mol. The maximum absolute atomic E-state index is 4.84. The van der Waals surface area contributed by atoms with Crippen molar-refractivity contribution in [3.05, 3.63) is 23.8 Å². The second-order valence-electron chi connectivity index (χ2n) is 12.8. The van der Waals surface area contributed by atoms with Gasteiger partial charge in [0.15, 0.2) is 0 Å². The minimum atomic E-state index is 0.104. The highest BCUT2D eigenvalue weighted by Crippen LogP contribution is 2.46. The lowest BCUT2D eigenvalue weighted by Crippen LogP contribution is -2.32. The molecule has 8 atom stereocenters. The quantitative estimate of drug-likeness (QED) is 0.202. The molecule has 0 aliphatic heterocycles. The first kappa shape index (κ1) is 30.5. The van der Waals surface area contributed by atoms with E-state index in [4.69, 9.17) is 6.58 Å². The van der Waals surface area contributed by atoms with E-state index in [0.717, 1.165) is 41.9 Å². The monoisotopic (exact) mass is 458 g/mol. The highest BCUT2D eigenvalue weighted by Gasteiger charge is 2.36. The van der Waals surface area contributed by atoms with Crippen LogP contribution in [0.15, 0.2) is 23.8 Å². The maximum atomic E-state index is 4.84. The first-order valence-corrected chi connectivity index (χ1v) is 14.8. The first-order valence-electron chi connectivity index (χ1n) is 14.8. The molecule has 0 saturated heterocycles. The smallest absolute Gasteiger partial charge is 0.00627 e. The summed E-state index contributed by atoms with van der Waals surface area (Å²) in [6, 6.07) is 0. The molecule has 0 amide bonds. The molecule has 0 aromatic carbocycles. The normalized spacial score (nSPS) is 25.6. The van der Waals surface area contributed by atoms with Gasteiger partial charge >= 0.3 is 0 Å². The topological polar surface area (TPSA) is 0 Å². The zero-order valence-corrected chi connectivity index (χ0v) is 24.8. The van der Waals surface area contributed by atoms with Crippen LogP contribution in [-0.4, -0.2) is 0 Å². The largest absolute Gasteiger partial charge is 0.0987 e. The van der Waals surface area contributed by atoms with Crippen molar-refractivity contribution < 1.29 is 0 Å². The molecule has 1 aliphatic carbocycles. The molecule has 0 radical (unpaired) electrons. The summed E-state index contributed by atoms with van der Waals surface area (Å²) in [5, 5.41) is 0. The number of hydrogen-bond acceptors (Lipinski definition) is 0. The fourth-order valence-electron chi connectivity index (χ4n) is 5.98. The summed E-state index contributed by atoms with van der Waals surface area (Å²) in [4.78, 5) is 0. The number of hydrogen-bond donors (Lipinski definition) is 0. The van der Waals surface area contributed by atoms with E-state index in [-0.39, 0.29) is 5.41 Å². The zero-order chi connectivity index (χ0) is 25.3. The van der Waals surface area contributed by atoms with E-state index >= 15 is 0 Å². The first-order chi connectivity index (χ1) is 15.4.